The van der Waals surface area contributed by atoms with Crippen molar-refractivity contribution in [1.82, 2.24) is 21.3 Å². The molecule has 1 aliphatic heterocycles. The van der Waals surface area contributed by atoms with Crippen molar-refractivity contribution in [1.29, 1.82) is 0 Å². The summed E-state index contributed by atoms with van der Waals surface area (Å²) < 4.78 is 0. The predicted octanol–water partition coefficient (Wildman–Crippen LogP) is -3.93. The molecule has 36 heavy (non-hydrogen) atoms. The van der Waals surface area contributed by atoms with Crippen LogP contribution < -0.4 is 38.5 Å². The highest BCUT2D eigenvalue weighted by Crippen LogP contribution is 2.07. The van der Waals surface area contributed by atoms with Gasteiger partial charge in [0.1, 0.15) is 18.1 Å². The quantitative estimate of drug-likeness (QED) is 0.0544. The molecular weight excluding hydrogens is 480 g/mol. The van der Waals surface area contributed by atoms with Gasteiger partial charge in [-0.2, -0.15) is 0 Å². The van der Waals surface area contributed by atoms with Gasteiger partial charge in [-0.15, -0.1) is 0 Å². The summed E-state index contributed by atoms with van der Waals surface area (Å²) in [6.45, 7) is 0.718. The fraction of sp³-hybridized carbons (Fsp3) is 0.650. The zero-order chi connectivity index (χ0) is 27.3. The van der Waals surface area contributed by atoms with Crippen LogP contribution in [-0.4, -0.2) is 89.0 Å². The van der Waals surface area contributed by atoms with E-state index in [1.54, 1.807) is 0 Å². The molecule has 1 aliphatic rings. The summed E-state index contributed by atoms with van der Waals surface area (Å²) >= 11 is 0. The van der Waals surface area contributed by atoms with Gasteiger partial charge in [0.15, 0.2) is 5.96 Å². The van der Waals surface area contributed by atoms with Gasteiger partial charge in [-0.05, 0) is 38.6 Å². The van der Waals surface area contributed by atoms with Crippen molar-refractivity contribution in [3.63, 3.8) is 0 Å². The van der Waals surface area contributed by atoms with E-state index >= 15 is 0 Å². The van der Waals surface area contributed by atoms with Crippen LogP contribution in [0.1, 0.15) is 44.9 Å². The molecule has 1 heterocycles. The van der Waals surface area contributed by atoms with Crippen LogP contribution in [0.3, 0.4) is 0 Å². The second-order valence-corrected chi connectivity index (χ2v) is 8.22. The minimum Gasteiger partial charge on any atom is -0.481 e. The van der Waals surface area contributed by atoms with Gasteiger partial charge in [0.25, 0.3) is 0 Å². The number of hydrogen-bond donors (Lipinski definition) is 9. The molecule has 1 fully saturated rings. The lowest BCUT2D eigenvalue weighted by Crippen LogP contribution is -2.57. The number of guanidine groups is 1. The normalized spacial score (nSPS) is 17.2. The summed E-state index contributed by atoms with van der Waals surface area (Å²) in [6, 6.07) is -4.89. The standard InChI is InChI=1S/C20H34N8O8/c21-14(29)6-5-11(17(33)27-12(19(35)36)4-2-8-25-20(22)23)26-18(34)13(9-15(30)31)28-16(32)10-3-1-7-24-10/h10-13,24H,1-9H2,(H2,21,29)(H,26,34)(H,27,33)(H,28,32)(H,30,31)(H,35,36)(H4,22,23,25). The molecule has 4 unspecified atom stereocenters. The minimum absolute atomic E-state index is 0.0412. The van der Waals surface area contributed by atoms with E-state index in [1.807, 2.05) is 0 Å². The Morgan fingerprint density at radius 3 is 2.08 bits per heavy atom. The van der Waals surface area contributed by atoms with E-state index in [4.69, 9.17) is 17.2 Å². The Morgan fingerprint density at radius 1 is 0.917 bits per heavy atom. The van der Waals surface area contributed by atoms with E-state index in [-0.39, 0.29) is 38.2 Å². The van der Waals surface area contributed by atoms with E-state index in [0.717, 1.165) is 6.42 Å². The lowest BCUT2D eigenvalue weighted by atomic mass is 10.1. The summed E-state index contributed by atoms with van der Waals surface area (Å²) in [6.07, 6.45) is 0.0388. The van der Waals surface area contributed by atoms with Crippen LogP contribution >= 0.6 is 0 Å². The van der Waals surface area contributed by atoms with Crippen LogP contribution in [0.25, 0.3) is 0 Å². The molecule has 0 radical (unpaired) electrons. The molecule has 16 nitrogen and oxygen atoms in total. The van der Waals surface area contributed by atoms with E-state index < -0.39 is 66.2 Å². The van der Waals surface area contributed by atoms with Gasteiger partial charge in [-0.3, -0.25) is 29.0 Å². The molecule has 16 heteroatoms. The number of nitrogens with two attached hydrogens (primary N) is 3. The highest BCUT2D eigenvalue weighted by Gasteiger charge is 2.32. The molecule has 1 saturated heterocycles. The van der Waals surface area contributed by atoms with Crippen LogP contribution in [0, 0.1) is 0 Å². The number of nitrogens with zero attached hydrogens (tertiary/aromatic N) is 1. The molecule has 1 rings (SSSR count). The first kappa shape index (κ1) is 30.1. The van der Waals surface area contributed by atoms with Crippen molar-refractivity contribution in [3.05, 3.63) is 0 Å². The third kappa shape index (κ3) is 11.5. The number of amides is 4. The van der Waals surface area contributed by atoms with Gasteiger partial charge in [-0.1, -0.05) is 0 Å². The first-order valence-corrected chi connectivity index (χ1v) is 11.3. The predicted molar refractivity (Wildman–Crippen MR) is 125 cm³/mol. The molecule has 0 aromatic rings. The van der Waals surface area contributed by atoms with Crippen molar-refractivity contribution < 1.29 is 39.0 Å². The summed E-state index contributed by atoms with van der Waals surface area (Å²) in [5.41, 5.74) is 15.6. The van der Waals surface area contributed by atoms with Crippen LogP contribution in [-0.2, 0) is 28.8 Å². The van der Waals surface area contributed by atoms with Crippen molar-refractivity contribution in [3.8, 4) is 0 Å². The highest BCUT2D eigenvalue weighted by molar-refractivity contribution is 5.95. The molecule has 0 aromatic heterocycles. The molecule has 0 bridgehead atoms. The average molecular weight is 515 g/mol. The van der Waals surface area contributed by atoms with Crippen molar-refractivity contribution in [2.75, 3.05) is 13.1 Å². The maximum absolute atomic E-state index is 12.8. The molecule has 4 amide bonds. The molecule has 202 valence electrons. The molecule has 0 saturated carbocycles. The van der Waals surface area contributed by atoms with Gasteiger partial charge in [0.05, 0.1) is 12.5 Å². The smallest absolute Gasteiger partial charge is 0.326 e. The fourth-order valence-corrected chi connectivity index (χ4v) is 3.43. The van der Waals surface area contributed by atoms with E-state index in [0.29, 0.717) is 13.0 Å². The zero-order valence-corrected chi connectivity index (χ0v) is 19.7. The Bertz CT molecular complexity index is 855. The van der Waals surface area contributed by atoms with Gasteiger partial charge < -0.3 is 48.7 Å². The van der Waals surface area contributed by atoms with Crippen LogP contribution in [0.4, 0.5) is 0 Å². The third-order valence-electron chi connectivity index (χ3n) is 5.26. The monoisotopic (exact) mass is 514 g/mol. The number of aliphatic carboxylic acids is 2. The minimum atomic E-state index is -1.52. The Balaban J connectivity index is 2.92. The summed E-state index contributed by atoms with van der Waals surface area (Å²) in [5.74, 6) is -6.18. The molecule has 4 atom stereocenters. The SMILES string of the molecule is NC(=O)CCC(NC(=O)C(CC(=O)O)NC(=O)C1CCCN1)C(=O)NC(CCCN=C(N)N)C(=O)O. The summed E-state index contributed by atoms with van der Waals surface area (Å²) in [5, 5.41) is 28.4. The van der Waals surface area contributed by atoms with Crippen molar-refractivity contribution >= 4 is 41.5 Å². The number of carboxylic acid groups (broad SMARTS) is 2. The van der Waals surface area contributed by atoms with Crippen LogP contribution in [0.2, 0.25) is 0 Å². The van der Waals surface area contributed by atoms with Gasteiger partial charge in [0, 0.05) is 13.0 Å². The van der Waals surface area contributed by atoms with Crippen molar-refractivity contribution in [2.24, 2.45) is 22.2 Å². The second-order valence-electron chi connectivity index (χ2n) is 8.22. The molecular formula is C20H34N8O8. The Hall–Kier alpha value is -3.95. The number of carboxylic acids is 2. The topological polar surface area (TPSA) is 281 Å². The van der Waals surface area contributed by atoms with Gasteiger partial charge >= 0.3 is 11.9 Å². The summed E-state index contributed by atoms with van der Waals surface area (Å²) in [4.78, 5) is 75.8. The van der Waals surface area contributed by atoms with E-state index in [9.17, 15) is 39.0 Å². The lowest BCUT2D eigenvalue weighted by Gasteiger charge is -2.24. The first-order valence-electron chi connectivity index (χ1n) is 11.3. The number of aliphatic imine (C=N–C) groups is 1. The maximum atomic E-state index is 12.8. The Morgan fingerprint density at radius 2 is 1.56 bits per heavy atom. The fourth-order valence-electron chi connectivity index (χ4n) is 3.43. The molecule has 0 spiro atoms. The average Bonchev–Trinajstić information content (AvgIpc) is 3.32. The number of rotatable bonds is 16. The van der Waals surface area contributed by atoms with Gasteiger partial charge in [-0.25, -0.2) is 4.79 Å². The third-order valence-corrected chi connectivity index (χ3v) is 5.26. The molecule has 12 N–H and O–H groups in total. The number of primary amides is 1. The largest absolute Gasteiger partial charge is 0.481 e. The number of nitrogens with one attached hydrogen (secondary N) is 4. The highest BCUT2D eigenvalue weighted by atomic mass is 16.4. The van der Waals surface area contributed by atoms with Crippen LogP contribution in [0.15, 0.2) is 4.99 Å². The van der Waals surface area contributed by atoms with Gasteiger partial charge in [0.2, 0.25) is 23.6 Å². The van der Waals surface area contributed by atoms with Crippen molar-refractivity contribution in [2.45, 2.75) is 69.1 Å². The molecule has 0 aliphatic carbocycles. The van der Waals surface area contributed by atoms with E-state index in [2.05, 4.69) is 26.3 Å². The second kappa shape index (κ2) is 15.1. The van der Waals surface area contributed by atoms with E-state index in [1.165, 1.54) is 0 Å². The Kier molecular flexibility index (Phi) is 12.6. The first-order chi connectivity index (χ1) is 16.9. The number of carbonyl (C=O) groups is 6. The number of hydrogen-bond acceptors (Lipinski definition) is 8. The number of carbonyl (C=O) groups excluding carboxylic acids is 4. The zero-order valence-electron chi connectivity index (χ0n) is 19.7. The maximum Gasteiger partial charge on any atom is 0.326 e. The van der Waals surface area contributed by atoms with Crippen LogP contribution in [0.5, 0.6) is 0 Å². The molecule has 0 aromatic carbocycles. The Labute approximate surface area is 206 Å². The summed E-state index contributed by atoms with van der Waals surface area (Å²) in [7, 11) is 0. The lowest BCUT2D eigenvalue weighted by molar-refractivity contribution is -0.143.